The fraction of sp³-hybridized carbons (Fsp3) is 0.200. The Hall–Kier alpha value is -2.11. The molecule has 0 heterocycles. The van der Waals surface area contributed by atoms with E-state index in [9.17, 15) is 14.4 Å². The number of aliphatic carboxylic acids is 3. The highest BCUT2D eigenvalue weighted by atomic mass is 16.4. The molecule has 0 saturated carbocycles. The van der Waals surface area contributed by atoms with Crippen LogP contribution in [-0.4, -0.2) is 33.2 Å². The Morgan fingerprint density at radius 2 is 1.75 bits per heavy atom. The minimum atomic E-state index is -1.74. The van der Waals surface area contributed by atoms with Crippen molar-refractivity contribution in [2.45, 2.75) is 6.42 Å². The topological polar surface area (TPSA) is 112 Å². The van der Waals surface area contributed by atoms with E-state index in [2.05, 4.69) is 6.92 Å². The van der Waals surface area contributed by atoms with Crippen LogP contribution in [0.3, 0.4) is 0 Å². The number of carboxylic acids is 3. The van der Waals surface area contributed by atoms with Crippen molar-refractivity contribution in [3.05, 3.63) is 30.2 Å². The molecule has 0 amide bonds. The van der Waals surface area contributed by atoms with Crippen LogP contribution in [0.4, 0.5) is 0 Å². The lowest BCUT2D eigenvalue weighted by molar-refractivity contribution is -0.144. The van der Waals surface area contributed by atoms with Crippen molar-refractivity contribution >= 4 is 17.9 Å². The van der Waals surface area contributed by atoms with Gasteiger partial charge >= 0.3 is 17.9 Å². The standard InChI is InChI=1S/C10H9O6/c1-10(9(15)16)3-5(7(11)12)2-6(4-10)8(13)14/h2-3H,1,4H2,(H,11,12)(H,13,14)(H,15,16). The molecule has 1 radical (unpaired) electrons. The van der Waals surface area contributed by atoms with Gasteiger partial charge in [0.05, 0.1) is 11.0 Å². The van der Waals surface area contributed by atoms with Crippen LogP contribution in [-0.2, 0) is 14.4 Å². The SMILES string of the molecule is [CH2]C1(C(=O)O)C=C(C(=O)O)C=C(C(=O)O)C1. The maximum atomic E-state index is 10.9. The van der Waals surface area contributed by atoms with E-state index in [-0.39, 0.29) is 17.6 Å². The molecule has 0 fully saturated rings. The average molecular weight is 225 g/mol. The normalized spacial score (nSPS) is 24.3. The molecule has 0 aromatic rings. The maximum absolute atomic E-state index is 10.9. The first-order valence-corrected chi connectivity index (χ1v) is 4.25. The predicted octanol–water partition coefficient (Wildman–Crippen LogP) is 0.317. The lowest BCUT2D eigenvalue weighted by Gasteiger charge is -2.24. The van der Waals surface area contributed by atoms with Gasteiger partial charge in [0.1, 0.15) is 0 Å². The van der Waals surface area contributed by atoms with E-state index in [1.807, 2.05) is 0 Å². The van der Waals surface area contributed by atoms with Crippen LogP contribution < -0.4 is 0 Å². The van der Waals surface area contributed by atoms with E-state index in [4.69, 9.17) is 15.3 Å². The molecule has 0 aliphatic heterocycles. The number of carboxylic acid groups (broad SMARTS) is 3. The Kier molecular flexibility index (Phi) is 2.84. The van der Waals surface area contributed by atoms with Crippen molar-refractivity contribution in [3.63, 3.8) is 0 Å². The molecule has 0 aromatic heterocycles. The van der Waals surface area contributed by atoms with Crippen LogP contribution in [0.25, 0.3) is 0 Å². The summed E-state index contributed by atoms with van der Waals surface area (Å²) >= 11 is 0. The fourth-order valence-corrected chi connectivity index (χ4v) is 1.37. The summed E-state index contributed by atoms with van der Waals surface area (Å²) in [6.45, 7) is 3.35. The van der Waals surface area contributed by atoms with Crippen molar-refractivity contribution in [2.24, 2.45) is 5.41 Å². The smallest absolute Gasteiger partial charge is 0.335 e. The third-order valence-corrected chi connectivity index (χ3v) is 2.22. The molecule has 85 valence electrons. The van der Waals surface area contributed by atoms with Crippen molar-refractivity contribution < 1.29 is 29.7 Å². The second-order valence-electron chi connectivity index (χ2n) is 3.52. The van der Waals surface area contributed by atoms with Gasteiger partial charge in [0.15, 0.2) is 0 Å². The van der Waals surface area contributed by atoms with Gasteiger partial charge in [0.25, 0.3) is 0 Å². The number of hydrogen-bond donors (Lipinski definition) is 3. The zero-order valence-electron chi connectivity index (χ0n) is 8.14. The van der Waals surface area contributed by atoms with Gasteiger partial charge in [-0.3, -0.25) is 4.79 Å². The molecule has 16 heavy (non-hydrogen) atoms. The lowest BCUT2D eigenvalue weighted by atomic mass is 9.78. The predicted molar refractivity (Wildman–Crippen MR) is 51.5 cm³/mol. The maximum Gasteiger partial charge on any atom is 0.335 e. The zero-order chi connectivity index (χ0) is 12.5. The van der Waals surface area contributed by atoms with Gasteiger partial charge < -0.3 is 15.3 Å². The highest BCUT2D eigenvalue weighted by Crippen LogP contribution is 2.34. The van der Waals surface area contributed by atoms with Gasteiger partial charge in [0.2, 0.25) is 0 Å². The molecule has 0 bridgehead atoms. The largest absolute Gasteiger partial charge is 0.481 e. The van der Waals surface area contributed by atoms with Gasteiger partial charge in [-0.05, 0) is 19.4 Å². The summed E-state index contributed by atoms with van der Waals surface area (Å²) in [5.74, 6) is -4.09. The van der Waals surface area contributed by atoms with E-state index in [1.54, 1.807) is 0 Å². The van der Waals surface area contributed by atoms with E-state index in [0.29, 0.717) is 0 Å². The van der Waals surface area contributed by atoms with Crippen LogP contribution in [0, 0.1) is 12.3 Å². The second-order valence-corrected chi connectivity index (χ2v) is 3.52. The summed E-state index contributed by atoms with van der Waals surface area (Å²) < 4.78 is 0. The molecule has 1 rings (SSSR count). The first kappa shape index (κ1) is 12.0. The highest BCUT2D eigenvalue weighted by Gasteiger charge is 2.37. The molecule has 1 aliphatic carbocycles. The second kappa shape index (κ2) is 3.80. The molecule has 0 aromatic carbocycles. The van der Waals surface area contributed by atoms with Crippen LogP contribution in [0.15, 0.2) is 23.3 Å². The third kappa shape index (κ3) is 2.10. The molecule has 0 saturated heterocycles. The Labute approximate surface area is 90.5 Å². The van der Waals surface area contributed by atoms with E-state index >= 15 is 0 Å². The Balaban J connectivity index is 3.25. The van der Waals surface area contributed by atoms with Crippen LogP contribution in [0.2, 0.25) is 0 Å². The molecule has 1 atom stereocenters. The molecule has 6 heteroatoms. The summed E-state index contributed by atoms with van der Waals surface area (Å²) in [7, 11) is 0. The van der Waals surface area contributed by atoms with Gasteiger partial charge in [-0.15, -0.1) is 0 Å². The first-order valence-electron chi connectivity index (χ1n) is 4.25. The summed E-state index contributed by atoms with van der Waals surface area (Å²) in [6.07, 6.45) is 1.55. The molecular formula is C10H9O6. The van der Waals surface area contributed by atoms with Gasteiger partial charge in [0, 0.05) is 5.57 Å². The van der Waals surface area contributed by atoms with Crippen LogP contribution >= 0.6 is 0 Å². The molecule has 1 unspecified atom stereocenters. The highest BCUT2D eigenvalue weighted by molar-refractivity contribution is 5.98. The summed E-state index contributed by atoms with van der Waals surface area (Å²) in [6, 6.07) is 0. The van der Waals surface area contributed by atoms with Crippen LogP contribution in [0.1, 0.15) is 6.42 Å². The monoisotopic (exact) mass is 225 g/mol. The molecule has 6 nitrogen and oxygen atoms in total. The molecule has 1 aliphatic rings. The number of hydrogen-bond acceptors (Lipinski definition) is 3. The zero-order valence-corrected chi connectivity index (χ0v) is 8.14. The molecule has 3 N–H and O–H groups in total. The lowest BCUT2D eigenvalue weighted by Crippen LogP contribution is -2.31. The van der Waals surface area contributed by atoms with E-state index in [0.717, 1.165) is 12.2 Å². The van der Waals surface area contributed by atoms with Crippen molar-refractivity contribution in [2.75, 3.05) is 0 Å². The van der Waals surface area contributed by atoms with Gasteiger partial charge in [-0.25, -0.2) is 9.59 Å². The summed E-state index contributed by atoms with van der Waals surface area (Å²) in [5, 5.41) is 26.3. The van der Waals surface area contributed by atoms with E-state index < -0.39 is 23.3 Å². The Bertz CT molecular complexity index is 431. The Morgan fingerprint density at radius 1 is 1.19 bits per heavy atom. The summed E-state index contributed by atoms with van der Waals surface area (Å²) in [5.41, 5.74) is -2.39. The number of rotatable bonds is 3. The average Bonchev–Trinajstić information content (AvgIpc) is 2.16. The quantitative estimate of drug-likeness (QED) is 0.637. The van der Waals surface area contributed by atoms with Gasteiger partial charge in [-0.1, -0.05) is 6.08 Å². The molecular weight excluding hydrogens is 216 g/mol. The fourth-order valence-electron chi connectivity index (χ4n) is 1.37. The van der Waals surface area contributed by atoms with Crippen molar-refractivity contribution in [3.8, 4) is 0 Å². The van der Waals surface area contributed by atoms with Gasteiger partial charge in [-0.2, -0.15) is 0 Å². The summed E-state index contributed by atoms with van der Waals surface area (Å²) in [4.78, 5) is 32.3. The minimum Gasteiger partial charge on any atom is -0.481 e. The minimum absolute atomic E-state index is 0.280. The third-order valence-electron chi connectivity index (χ3n) is 2.22. The van der Waals surface area contributed by atoms with E-state index in [1.165, 1.54) is 0 Å². The number of carbonyl (C=O) groups is 3. The van der Waals surface area contributed by atoms with Crippen molar-refractivity contribution in [1.29, 1.82) is 0 Å². The Morgan fingerprint density at radius 3 is 2.12 bits per heavy atom. The van der Waals surface area contributed by atoms with Crippen LogP contribution in [0.5, 0.6) is 0 Å². The molecule has 0 spiro atoms. The van der Waals surface area contributed by atoms with Crippen molar-refractivity contribution in [1.82, 2.24) is 0 Å². The first-order chi connectivity index (χ1) is 7.26.